The van der Waals surface area contributed by atoms with Gasteiger partial charge in [0.25, 0.3) is 0 Å². The van der Waals surface area contributed by atoms with Crippen LogP contribution in [0.2, 0.25) is 0 Å². The van der Waals surface area contributed by atoms with Gasteiger partial charge < -0.3 is 30.5 Å². The van der Waals surface area contributed by atoms with Crippen molar-refractivity contribution in [3.8, 4) is 0 Å². The van der Waals surface area contributed by atoms with Gasteiger partial charge in [-0.1, -0.05) is 51.1 Å². The first-order valence-electron chi connectivity index (χ1n) is 16.6. The lowest BCUT2D eigenvalue weighted by atomic mass is 9.43. The van der Waals surface area contributed by atoms with Gasteiger partial charge in [-0.3, -0.25) is 9.59 Å². The second-order valence-corrected chi connectivity index (χ2v) is 14.9. The number of rotatable bonds is 10. The van der Waals surface area contributed by atoms with E-state index in [0.29, 0.717) is 19.3 Å². The summed E-state index contributed by atoms with van der Waals surface area (Å²) < 4.78 is 5.21. The maximum Gasteiger partial charge on any atom is 0.326 e. The first-order chi connectivity index (χ1) is 20.8. The van der Waals surface area contributed by atoms with E-state index in [1.807, 2.05) is 18.2 Å². The Hall–Kier alpha value is -2.49. The SMILES string of the molecule is C[C@H](CCC(=O)N[C@H](CC(=O)OCc1ccccc1)C(=O)O)[C@H]1CC[C@H]2[C@@H]3[C@H](O)C[C@@H]4C[C@H](O)CC[C@]4(C)[C@H]3C[C@H](O)[C@]12C. The summed E-state index contributed by atoms with van der Waals surface area (Å²) in [5, 5.41) is 45.7. The number of aliphatic carboxylic acids is 1. The number of aliphatic hydroxyl groups excluding tert-OH is 3. The molecule has 4 fully saturated rings. The fourth-order valence-corrected chi connectivity index (χ4v) is 10.1. The normalized spacial score (nSPS) is 39.2. The summed E-state index contributed by atoms with van der Waals surface area (Å²) >= 11 is 0. The summed E-state index contributed by atoms with van der Waals surface area (Å²) in [7, 11) is 0. The molecule has 0 aromatic heterocycles. The zero-order valence-corrected chi connectivity index (χ0v) is 26.4. The summed E-state index contributed by atoms with van der Waals surface area (Å²) in [5.41, 5.74) is 0.432. The predicted octanol–water partition coefficient (Wildman–Crippen LogP) is 4.07. The summed E-state index contributed by atoms with van der Waals surface area (Å²) in [6.45, 7) is 6.65. The number of amides is 1. The van der Waals surface area contributed by atoms with Crippen molar-refractivity contribution in [1.82, 2.24) is 5.32 Å². The fraction of sp³-hybridized carbons (Fsp3) is 0.743. The molecule has 4 aliphatic rings. The first kappa shape index (κ1) is 32.9. The maximum absolute atomic E-state index is 12.9. The molecule has 44 heavy (non-hydrogen) atoms. The highest BCUT2D eigenvalue weighted by atomic mass is 16.5. The second kappa shape index (κ2) is 13.1. The quantitative estimate of drug-likeness (QED) is 0.248. The van der Waals surface area contributed by atoms with Crippen molar-refractivity contribution in [3.63, 3.8) is 0 Å². The third-order valence-corrected chi connectivity index (χ3v) is 12.6. The number of benzene rings is 1. The number of carbonyl (C=O) groups is 3. The van der Waals surface area contributed by atoms with Gasteiger partial charge in [0.1, 0.15) is 12.6 Å². The summed E-state index contributed by atoms with van der Waals surface area (Å²) in [6, 6.07) is 7.72. The molecule has 4 saturated carbocycles. The van der Waals surface area contributed by atoms with Crippen LogP contribution in [0.1, 0.15) is 90.5 Å². The van der Waals surface area contributed by atoms with Crippen molar-refractivity contribution in [2.75, 3.05) is 0 Å². The Bertz CT molecular complexity index is 1190. The minimum Gasteiger partial charge on any atom is -0.480 e. The minimum absolute atomic E-state index is 0.0158. The average Bonchev–Trinajstić information content (AvgIpc) is 3.35. The van der Waals surface area contributed by atoms with Crippen LogP contribution in [0.3, 0.4) is 0 Å². The van der Waals surface area contributed by atoms with Crippen LogP contribution in [0.5, 0.6) is 0 Å². The van der Waals surface area contributed by atoms with E-state index in [-0.39, 0.29) is 65.5 Å². The molecule has 0 saturated heterocycles. The summed E-state index contributed by atoms with van der Waals surface area (Å²) in [5.74, 6) is -1.32. The highest BCUT2D eigenvalue weighted by Crippen LogP contribution is 2.68. The largest absolute Gasteiger partial charge is 0.480 e. The Labute approximate surface area is 260 Å². The topological polar surface area (TPSA) is 153 Å². The van der Waals surface area contributed by atoms with Gasteiger partial charge in [-0.15, -0.1) is 0 Å². The first-order valence-corrected chi connectivity index (χ1v) is 16.6. The van der Waals surface area contributed by atoms with Gasteiger partial charge >= 0.3 is 11.9 Å². The van der Waals surface area contributed by atoms with Crippen LogP contribution in [-0.4, -0.2) is 62.6 Å². The zero-order valence-electron chi connectivity index (χ0n) is 26.4. The third kappa shape index (κ3) is 6.29. The number of hydrogen-bond acceptors (Lipinski definition) is 7. The zero-order chi connectivity index (χ0) is 31.8. The lowest BCUT2D eigenvalue weighted by molar-refractivity contribution is -0.207. The molecule has 0 aliphatic heterocycles. The van der Waals surface area contributed by atoms with Gasteiger partial charge in [0.15, 0.2) is 0 Å². The highest BCUT2D eigenvalue weighted by molar-refractivity contribution is 5.87. The van der Waals surface area contributed by atoms with Crippen LogP contribution >= 0.6 is 0 Å². The van der Waals surface area contributed by atoms with Gasteiger partial charge in [0, 0.05) is 6.42 Å². The van der Waals surface area contributed by atoms with Crippen molar-refractivity contribution in [3.05, 3.63) is 35.9 Å². The third-order valence-electron chi connectivity index (χ3n) is 12.6. The number of aliphatic hydroxyl groups is 3. The standard InChI is InChI=1S/C35H51NO8/c1-20(9-12-30(40)36-27(33(42)43)18-31(41)44-19-21-7-5-4-6-8-21)24-10-11-25-32-26(17-29(39)35(24,25)3)34(2)14-13-23(37)15-22(34)16-28(32)38/h4-8,20,22-29,32,37-39H,9-19H2,1-3H3,(H,36,40)(H,42,43)/t20-,22+,23-,24-,25+,26+,27-,28-,29+,32+,34+,35-/m1/s1. The number of ether oxygens (including phenoxy) is 1. The molecule has 1 amide bonds. The van der Waals surface area contributed by atoms with E-state index in [4.69, 9.17) is 4.74 Å². The van der Waals surface area contributed by atoms with Crippen LogP contribution in [0, 0.1) is 46.3 Å². The molecule has 0 heterocycles. The van der Waals surface area contributed by atoms with E-state index in [1.165, 1.54) is 0 Å². The Morgan fingerprint density at radius 1 is 1.00 bits per heavy atom. The molecule has 0 bridgehead atoms. The van der Waals surface area contributed by atoms with Crippen molar-refractivity contribution in [1.29, 1.82) is 0 Å². The van der Waals surface area contributed by atoms with E-state index in [9.17, 15) is 34.8 Å². The molecule has 0 unspecified atom stereocenters. The molecule has 244 valence electrons. The molecular formula is C35H51NO8. The number of nitrogens with one attached hydrogen (secondary N) is 1. The summed E-state index contributed by atoms with van der Waals surface area (Å²) in [6.07, 6.45) is 4.60. The fourth-order valence-electron chi connectivity index (χ4n) is 10.1. The molecule has 1 aromatic rings. The monoisotopic (exact) mass is 613 g/mol. The Kier molecular flexibility index (Phi) is 9.78. The van der Waals surface area contributed by atoms with E-state index in [0.717, 1.165) is 37.7 Å². The minimum atomic E-state index is -1.37. The number of carboxylic acid groups (broad SMARTS) is 1. The van der Waals surface area contributed by atoms with Crippen molar-refractivity contribution >= 4 is 17.8 Å². The molecule has 0 spiro atoms. The van der Waals surface area contributed by atoms with E-state index in [2.05, 4.69) is 26.1 Å². The van der Waals surface area contributed by atoms with Crippen LogP contribution in [-0.2, 0) is 25.7 Å². The van der Waals surface area contributed by atoms with Gasteiger partial charge in [-0.2, -0.15) is 0 Å². The smallest absolute Gasteiger partial charge is 0.326 e. The van der Waals surface area contributed by atoms with Gasteiger partial charge in [-0.25, -0.2) is 4.79 Å². The van der Waals surface area contributed by atoms with E-state index < -0.39 is 42.5 Å². The van der Waals surface area contributed by atoms with Crippen LogP contribution < -0.4 is 5.32 Å². The predicted molar refractivity (Wildman–Crippen MR) is 163 cm³/mol. The van der Waals surface area contributed by atoms with E-state index >= 15 is 0 Å². The molecule has 9 nitrogen and oxygen atoms in total. The maximum atomic E-state index is 12.9. The molecule has 4 aliphatic carbocycles. The van der Waals surface area contributed by atoms with Crippen LogP contribution in [0.25, 0.3) is 0 Å². The van der Waals surface area contributed by atoms with Gasteiger partial charge in [-0.05, 0) is 103 Å². The van der Waals surface area contributed by atoms with Crippen molar-refractivity contribution in [2.45, 2.75) is 116 Å². The number of carbonyl (C=O) groups excluding carboxylic acids is 2. The number of esters is 1. The van der Waals surface area contributed by atoms with E-state index in [1.54, 1.807) is 12.1 Å². The molecular weight excluding hydrogens is 562 g/mol. The Balaban J connectivity index is 1.17. The molecule has 0 radical (unpaired) electrons. The average molecular weight is 614 g/mol. The van der Waals surface area contributed by atoms with Gasteiger partial charge in [0.2, 0.25) is 5.91 Å². The molecule has 5 N–H and O–H groups in total. The Morgan fingerprint density at radius 2 is 1.73 bits per heavy atom. The number of fused-ring (bicyclic) bond motifs is 5. The lowest BCUT2D eigenvalue weighted by Crippen LogP contribution is -2.62. The molecule has 12 atom stereocenters. The Morgan fingerprint density at radius 3 is 2.43 bits per heavy atom. The molecule has 9 heteroatoms. The number of hydrogen-bond donors (Lipinski definition) is 5. The molecule has 5 rings (SSSR count). The van der Waals surface area contributed by atoms with Crippen LogP contribution in [0.4, 0.5) is 0 Å². The number of carboxylic acids is 1. The van der Waals surface area contributed by atoms with Crippen molar-refractivity contribution in [2.24, 2.45) is 46.3 Å². The highest BCUT2D eigenvalue weighted by Gasteiger charge is 2.65. The van der Waals surface area contributed by atoms with Gasteiger partial charge in [0.05, 0.1) is 24.7 Å². The summed E-state index contributed by atoms with van der Waals surface area (Å²) in [4.78, 5) is 37.0. The van der Waals surface area contributed by atoms with Crippen LogP contribution in [0.15, 0.2) is 30.3 Å². The molecule has 1 aromatic carbocycles. The second-order valence-electron chi connectivity index (χ2n) is 14.9. The lowest BCUT2D eigenvalue weighted by Gasteiger charge is -2.63. The van der Waals surface area contributed by atoms with Crippen molar-refractivity contribution < 1.29 is 39.5 Å².